The lowest BCUT2D eigenvalue weighted by atomic mass is 9.93. The minimum absolute atomic E-state index is 0.0846. The third-order valence-electron chi connectivity index (χ3n) is 3.72. The average Bonchev–Trinajstić information content (AvgIpc) is 2.92. The van der Waals surface area contributed by atoms with Crippen LogP contribution in [0.4, 0.5) is 5.13 Å². The number of carbonyl (C=O) groups excluding carboxylic acids is 2. The van der Waals surface area contributed by atoms with Gasteiger partial charge in [0.25, 0.3) is 0 Å². The van der Waals surface area contributed by atoms with Crippen molar-refractivity contribution >= 4 is 34.4 Å². The van der Waals surface area contributed by atoms with E-state index < -0.39 is 0 Å². The van der Waals surface area contributed by atoms with Gasteiger partial charge in [-0.1, -0.05) is 24.3 Å². The molecule has 6 heteroatoms. The van der Waals surface area contributed by atoms with Crippen molar-refractivity contribution in [2.75, 3.05) is 5.32 Å². The molecule has 3 rings (SSSR count). The number of nitrogens with zero attached hydrogens (tertiary/aromatic N) is 2. The average molecular weight is 327 g/mol. The monoisotopic (exact) mass is 327 g/mol. The van der Waals surface area contributed by atoms with Crippen molar-refractivity contribution < 1.29 is 9.59 Å². The van der Waals surface area contributed by atoms with Gasteiger partial charge in [-0.3, -0.25) is 9.59 Å². The Hall–Kier alpha value is -2.47. The largest absolute Gasteiger partial charge is 0.311 e. The first kappa shape index (κ1) is 15.4. The summed E-state index contributed by atoms with van der Waals surface area (Å²) in [5.41, 5.74) is 2.02. The Morgan fingerprint density at radius 2 is 2.13 bits per heavy atom. The summed E-state index contributed by atoms with van der Waals surface area (Å²) >= 11 is 1.43. The molecule has 1 aromatic carbocycles. The van der Waals surface area contributed by atoms with E-state index in [0.717, 1.165) is 16.0 Å². The van der Waals surface area contributed by atoms with E-state index in [2.05, 4.69) is 10.3 Å². The summed E-state index contributed by atoms with van der Waals surface area (Å²) < 4.78 is 0. The molecule has 2 amide bonds. The first-order chi connectivity index (χ1) is 11.0. The molecular weight excluding hydrogens is 310 g/mol. The van der Waals surface area contributed by atoms with Crippen molar-refractivity contribution in [2.24, 2.45) is 0 Å². The Balaban J connectivity index is 1.81. The normalized spacial score (nSPS) is 16.1. The number of amides is 2. The maximum Gasteiger partial charge on any atom is 0.228 e. The van der Waals surface area contributed by atoms with E-state index in [4.69, 9.17) is 0 Å². The number of hydrogen-bond donors (Lipinski definition) is 1. The van der Waals surface area contributed by atoms with Gasteiger partial charge in [-0.2, -0.15) is 0 Å². The van der Waals surface area contributed by atoms with Gasteiger partial charge in [-0.05, 0) is 24.1 Å². The summed E-state index contributed by atoms with van der Waals surface area (Å²) in [4.78, 5) is 31.0. The molecule has 1 N–H and O–H groups in total. The predicted octanol–water partition coefficient (Wildman–Crippen LogP) is 3.35. The molecule has 118 valence electrons. The van der Waals surface area contributed by atoms with Crippen LogP contribution >= 0.6 is 11.3 Å². The third-order valence-corrected chi connectivity index (χ3v) is 4.54. The van der Waals surface area contributed by atoms with E-state index >= 15 is 0 Å². The minimum Gasteiger partial charge on any atom is -0.311 e. The lowest BCUT2D eigenvalue weighted by molar-refractivity contribution is -0.129. The van der Waals surface area contributed by atoms with Crippen molar-refractivity contribution in [3.05, 3.63) is 52.7 Å². The molecule has 0 aliphatic carbocycles. The quantitative estimate of drug-likeness (QED) is 0.940. The topological polar surface area (TPSA) is 62.3 Å². The number of carbonyl (C=O) groups is 2. The van der Waals surface area contributed by atoms with Crippen molar-refractivity contribution in [3.63, 3.8) is 0 Å². The smallest absolute Gasteiger partial charge is 0.228 e. The van der Waals surface area contributed by atoms with E-state index in [-0.39, 0.29) is 24.3 Å². The van der Waals surface area contributed by atoms with Crippen LogP contribution in [-0.4, -0.2) is 21.7 Å². The van der Waals surface area contributed by atoms with Crippen LogP contribution < -0.4 is 5.32 Å². The van der Waals surface area contributed by atoms with Crippen LogP contribution in [0.5, 0.6) is 0 Å². The summed E-state index contributed by atoms with van der Waals surface area (Å²) in [5.74, 6) is -0.237. The number of benzene rings is 1. The maximum atomic E-state index is 12.4. The Bertz CT molecular complexity index is 782. The van der Waals surface area contributed by atoms with E-state index in [1.54, 1.807) is 17.3 Å². The first-order valence-electron chi connectivity index (χ1n) is 7.33. The third kappa shape index (κ3) is 3.32. The Kier molecular flexibility index (Phi) is 4.25. The fourth-order valence-electron chi connectivity index (χ4n) is 2.67. The van der Waals surface area contributed by atoms with Gasteiger partial charge in [0.15, 0.2) is 5.13 Å². The summed E-state index contributed by atoms with van der Waals surface area (Å²) in [6.07, 6.45) is 5.56. The highest BCUT2D eigenvalue weighted by Crippen LogP contribution is 2.33. The number of nitrogens with one attached hydrogen (secondary N) is 1. The Morgan fingerprint density at radius 3 is 2.83 bits per heavy atom. The van der Waals surface area contributed by atoms with Crippen LogP contribution in [0.2, 0.25) is 0 Å². The van der Waals surface area contributed by atoms with Crippen LogP contribution in [0, 0.1) is 6.92 Å². The van der Waals surface area contributed by atoms with Crippen molar-refractivity contribution in [2.45, 2.75) is 26.3 Å². The molecule has 0 saturated carbocycles. The molecule has 1 atom stereocenters. The SMILES string of the molecule is CC(=O)N1C=Cc2ccccc2[C@H]1CC(=O)Nc1ncc(C)s1. The van der Waals surface area contributed by atoms with Crippen LogP contribution in [0.3, 0.4) is 0 Å². The number of fused-ring (bicyclic) bond motifs is 1. The van der Waals surface area contributed by atoms with Gasteiger partial charge in [0, 0.05) is 24.2 Å². The molecule has 0 unspecified atom stereocenters. The van der Waals surface area contributed by atoms with E-state index in [1.165, 1.54) is 18.3 Å². The molecular formula is C17H17N3O2S. The highest BCUT2D eigenvalue weighted by Gasteiger charge is 2.28. The number of thiazole rings is 1. The molecule has 0 spiro atoms. The molecule has 0 bridgehead atoms. The van der Waals surface area contributed by atoms with E-state index in [9.17, 15) is 9.59 Å². The fourth-order valence-corrected chi connectivity index (χ4v) is 3.35. The van der Waals surface area contributed by atoms with Gasteiger partial charge >= 0.3 is 0 Å². The number of aryl methyl sites for hydroxylation is 1. The van der Waals surface area contributed by atoms with Crippen LogP contribution in [-0.2, 0) is 9.59 Å². The zero-order valence-electron chi connectivity index (χ0n) is 12.9. The second kappa shape index (κ2) is 6.34. The van der Waals surface area contributed by atoms with Gasteiger partial charge in [0.2, 0.25) is 11.8 Å². The van der Waals surface area contributed by atoms with Crippen LogP contribution in [0.15, 0.2) is 36.7 Å². The number of hydrogen-bond acceptors (Lipinski definition) is 4. The summed E-state index contributed by atoms with van der Waals surface area (Å²) in [6.45, 7) is 3.44. The molecule has 2 aromatic rings. The maximum absolute atomic E-state index is 12.4. The first-order valence-corrected chi connectivity index (χ1v) is 8.14. The second-order valence-electron chi connectivity index (χ2n) is 5.42. The standard InChI is InChI=1S/C17H17N3O2S/c1-11-10-18-17(23-11)19-16(22)9-15-14-6-4-3-5-13(14)7-8-20(15)12(2)21/h3-8,10,15H,9H2,1-2H3,(H,18,19,22)/t15-/m1/s1. The van der Waals surface area contributed by atoms with Gasteiger partial charge in [0.1, 0.15) is 0 Å². The fraction of sp³-hybridized carbons (Fsp3) is 0.235. The molecule has 2 heterocycles. The van der Waals surface area contributed by atoms with Gasteiger partial charge in [-0.15, -0.1) is 11.3 Å². The van der Waals surface area contributed by atoms with Crippen LogP contribution in [0.25, 0.3) is 6.08 Å². The molecule has 1 aliphatic heterocycles. The lowest BCUT2D eigenvalue weighted by Crippen LogP contribution is -2.33. The van der Waals surface area contributed by atoms with Crippen molar-refractivity contribution in [1.29, 1.82) is 0 Å². The zero-order valence-corrected chi connectivity index (χ0v) is 13.8. The van der Waals surface area contributed by atoms with Gasteiger partial charge in [-0.25, -0.2) is 4.98 Å². The minimum atomic E-state index is -0.297. The summed E-state index contributed by atoms with van der Waals surface area (Å²) in [7, 11) is 0. The molecule has 23 heavy (non-hydrogen) atoms. The highest BCUT2D eigenvalue weighted by atomic mass is 32.1. The number of rotatable bonds is 3. The van der Waals surface area contributed by atoms with Gasteiger partial charge in [0.05, 0.1) is 12.5 Å². The van der Waals surface area contributed by atoms with E-state index in [0.29, 0.717) is 5.13 Å². The van der Waals surface area contributed by atoms with E-state index in [1.807, 2.05) is 37.3 Å². The molecule has 0 fully saturated rings. The summed E-state index contributed by atoms with van der Waals surface area (Å²) in [5, 5.41) is 3.39. The Morgan fingerprint density at radius 1 is 1.35 bits per heavy atom. The van der Waals surface area contributed by atoms with Crippen LogP contribution in [0.1, 0.15) is 35.4 Å². The van der Waals surface area contributed by atoms with Crippen molar-refractivity contribution in [3.8, 4) is 0 Å². The molecule has 0 saturated heterocycles. The molecule has 0 radical (unpaired) electrons. The Labute approximate surface area is 138 Å². The predicted molar refractivity (Wildman–Crippen MR) is 90.8 cm³/mol. The second-order valence-corrected chi connectivity index (χ2v) is 6.65. The molecule has 1 aromatic heterocycles. The summed E-state index contributed by atoms with van der Waals surface area (Å²) in [6, 6.07) is 7.52. The molecule has 1 aliphatic rings. The van der Waals surface area contributed by atoms with Gasteiger partial charge < -0.3 is 10.2 Å². The highest BCUT2D eigenvalue weighted by molar-refractivity contribution is 7.15. The molecule has 5 nitrogen and oxygen atoms in total. The zero-order chi connectivity index (χ0) is 16.4. The number of aromatic nitrogens is 1. The number of anilines is 1. The van der Waals surface area contributed by atoms with Crippen molar-refractivity contribution in [1.82, 2.24) is 9.88 Å². The lowest BCUT2D eigenvalue weighted by Gasteiger charge is -2.32.